The van der Waals surface area contributed by atoms with E-state index in [-0.39, 0.29) is 28.4 Å². The first-order chi connectivity index (χ1) is 14.1. The topological polar surface area (TPSA) is 96.9 Å². The maximum Gasteiger partial charge on any atom is 0.234 e. The molecular weight excluding hydrogens is 398 g/mol. The Balaban J connectivity index is 1.43. The van der Waals surface area contributed by atoms with Gasteiger partial charge in [0.2, 0.25) is 17.0 Å². The van der Waals surface area contributed by atoms with Crippen LogP contribution < -0.4 is 10.6 Å². The number of hydrogen-bond donors (Lipinski definition) is 2. The van der Waals surface area contributed by atoms with Crippen molar-refractivity contribution < 1.29 is 9.59 Å². The van der Waals surface area contributed by atoms with E-state index in [4.69, 9.17) is 4.98 Å². The summed E-state index contributed by atoms with van der Waals surface area (Å²) in [6.07, 6.45) is 2.25. The monoisotopic (exact) mass is 425 g/mol. The molecule has 2 atom stereocenters. The SMILES string of the molecule is CC(=O)Nc1ccc(C)c(NC(=O)CSc2nnc3c(n2)[C@@]2(C)CC[C@H]3C2(C)C)c1. The van der Waals surface area contributed by atoms with E-state index in [1.54, 1.807) is 12.1 Å². The minimum atomic E-state index is -0.154. The minimum Gasteiger partial charge on any atom is -0.326 e. The number of aromatic nitrogens is 3. The van der Waals surface area contributed by atoms with E-state index in [9.17, 15) is 9.59 Å². The Morgan fingerprint density at radius 1 is 1.20 bits per heavy atom. The third-order valence-electron chi connectivity index (χ3n) is 6.94. The summed E-state index contributed by atoms with van der Waals surface area (Å²) in [7, 11) is 0. The molecule has 2 aliphatic rings. The van der Waals surface area contributed by atoms with Crippen LogP contribution in [0.25, 0.3) is 0 Å². The number of aryl methyl sites for hydroxylation is 1. The van der Waals surface area contributed by atoms with Crippen molar-refractivity contribution in [3.8, 4) is 0 Å². The van der Waals surface area contributed by atoms with Crippen LogP contribution in [0.2, 0.25) is 0 Å². The second-order valence-electron chi connectivity index (χ2n) is 9.02. The van der Waals surface area contributed by atoms with E-state index in [0.717, 1.165) is 29.8 Å². The number of nitrogens with one attached hydrogen (secondary N) is 2. The number of anilines is 2. The van der Waals surface area contributed by atoms with Gasteiger partial charge in [-0.25, -0.2) is 4.98 Å². The van der Waals surface area contributed by atoms with Gasteiger partial charge in [0.05, 0.1) is 17.1 Å². The molecule has 2 aromatic rings. The average molecular weight is 426 g/mol. The summed E-state index contributed by atoms with van der Waals surface area (Å²) in [5, 5.41) is 14.9. The number of hydrogen-bond acceptors (Lipinski definition) is 6. The fourth-order valence-corrected chi connectivity index (χ4v) is 5.36. The molecule has 0 aliphatic heterocycles. The van der Waals surface area contributed by atoms with E-state index in [1.807, 2.05) is 13.0 Å². The average Bonchev–Trinajstić information content (AvgIpc) is 3.01. The van der Waals surface area contributed by atoms with Gasteiger partial charge in [0, 0.05) is 29.6 Å². The quantitative estimate of drug-likeness (QED) is 0.702. The van der Waals surface area contributed by atoms with Gasteiger partial charge in [0.15, 0.2) is 0 Å². The zero-order valence-electron chi connectivity index (χ0n) is 18.0. The lowest BCUT2D eigenvalue weighted by Crippen LogP contribution is -2.32. The van der Waals surface area contributed by atoms with Gasteiger partial charge in [0.25, 0.3) is 0 Å². The molecule has 0 saturated heterocycles. The van der Waals surface area contributed by atoms with Crippen molar-refractivity contribution in [2.75, 3.05) is 16.4 Å². The number of benzene rings is 1. The molecule has 2 aliphatic carbocycles. The van der Waals surface area contributed by atoms with Crippen LogP contribution in [0.5, 0.6) is 0 Å². The lowest BCUT2D eigenvalue weighted by atomic mass is 9.70. The van der Waals surface area contributed by atoms with Crippen molar-refractivity contribution in [3.63, 3.8) is 0 Å². The molecule has 0 radical (unpaired) electrons. The summed E-state index contributed by atoms with van der Waals surface area (Å²) in [6, 6.07) is 5.42. The Kier molecular flexibility index (Phi) is 5.08. The first kappa shape index (κ1) is 20.8. The number of thioether (sulfide) groups is 1. The second-order valence-corrected chi connectivity index (χ2v) is 9.96. The Morgan fingerprint density at radius 3 is 2.70 bits per heavy atom. The third kappa shape index (κ3) is 3.37. The molecule has 4 rings (SSSR count). The summed E-state index contributed by atoms with van der Waals surface area (Å²) in [4.78, 5) is 28.6. The van der Waals surface area contributed by atoms with E-state index >= 15 is 0 Å². The van der Waals surface area contributed by atoms with Crippen LogP contribution in [0, 0.1) is 12.3 Å². The zero-order chi connectivity index (χ0) is 21.7. The number of carbonyl (C=O) groups excluding carboxylic acids is 2. The summed E-state index contributed by atoms with van der Waals surface area (Å²) < 4.78 is 0. The first-order valence-electron chi connectivity index (χ1n) is 10.2. The molecule has 2 bridgehead atoms. The minimum absolute atomic E-state index is 0.0156. The Labute approximate surface area is 180 Å². The van der Waals surface area contributed by atoms with Crippen LogP contribution in [-0.4, -0.2) is 32.7 Å². The van der Waals surface area contributed by atoms with Crippen LogP contribution >= 0.6 is 11.8 Å². The molecule has 0 unspecified atom stereocenters. The normalized spacial score (nSPS) is 23.2. The lowest BCUT2D eigenvalue weighted by molar-refractivity contribution is -0.114. The Bertz CT molecular complexity index is 1040. The summed E-state index contributed by atoms with van der Waals surface area (Å²) in [6.45, 7) is 10.2. The molecule has 2 amide bonds. The van der Waals surface area contributed by atoms with Gasteiger partial charge in [-0.15, -0.1) is 5.10 Å². The lowest BCUT2D eigenvalue weighted by Gasteiger charge is -2.33. The summed E-state index contributed by atoms with van der Waals surface area (Å²) in [5.41, 5.74) is 4.48. The van der Waals surface area contributed by atoms with Crippen LogP contribution in [0.3, 0.4) is 0 Å². The maximum absolute atomic E-state index is 12.5. The fourth-order valence-electron chi connectivity index (χ4n) is 4.78. The van der Waals surface area contributed by atoms with Crippen LogP contribution in [0.15, 0.2) is 23.4 Å². The highest BCUT2D eigenvalue weighted by molar-refractivity contribution is 7.99. The highest BCUT2D eigenvalue weighted by atomic mass is 32.2. The van der Waals surface area contributed by atoms with Gasteiger partial charge < -0.3 is 10.6 Å². The molecule has 1 heterocycles. The van der Waals surface area contributed by atoms with Gasteiger partial charge >= 0.3 is 0 Å². The molecular formula is C22H27N5O2S. The van der Waals surface area contributed by atoms with Crippen LogP contribution in [0.4, 0.5) is 11.4 Å². The van der Waals surface area contributed by atoms with Crippen molar-refractivity contribution in [1.82, 2.24) is 15.2 Å². The summed E-state index contributed by atoms with van der Waals surface area (Å²) >= 11 is 1.29. The molecule has 2 N–H and O–H groups in total. The standard InChI is InChI=1S/C22H27N5O2S/c1-12-6-7-14(23-13(2)28)10-16(12)24-17(29)11-30-20-25-19-18(26-27-20)15-8-9-22(19,5)21(15,3)4/h6-7,10,15H,8-9,11H2,1-5H3,(H,23,28)(H,24,29)/t15-,22-/m1/s1. The van der Waals surface area contributed by atoms with E-state index in [0.29, 0.717) is 22.4 Å². The number of fused-ring (bicyclic) bond motifs is 5. The maximum atomic E-state index is 12.5. The van der Waals surface area contributed by atoms with Crippen molar-refractivity contribution in [2.45, 2.75) is 63.9 Å². The molecule has 7 nitrogen and oxygen atoms in total. The highest BCUT2D eigenvalue weighted by Crippen LogP contribution is 2.66. The zero-order valence-corrected chi connectivity index (χ0v) is 18.8. The van der Waals surface area contributed by atoms with E-state index < -0.39 is 0 Å². The fraction of sp³-hybridized carbons (Fsp3) is 0.500. The summed E-state index contributed by atoms with van der Waals surface area (Å²) in [5.74, 6) is 0.297. The van der Waals surface area contributed by atoms with Gasteiger partial charge in [-0.1, -0.05) is 38.6 Å². The number of rotatable bonds is 5. The Hall–Kier alpha value is -2.48. The number of carbonyl (C=O) groups is 2. The second kappa shape index (κ2) is 7.34. The predicted octanol–water partition coefficient (Wildman–Crippen LogP) is 4.04. The van der Waals surface area contributed by atoms with E-state index in [2.05, 4.69) is 41.6 Å². The Morgan fingerprint density at radius 2 is 1.97 bits per heavy atom. The van der Waals surface area contributed by atoms with Crippen molar-refractivity contribution in [1.29, 1.82) is 0 Å². The van der Waals surface area contributed by atoms with E-state index in [1.165, 1.54) is 18.7 Å². The van der Waals surface area contributed by atoms with Crippen molar-refractivity contribution in [2.24, 2.45) is 5.41 Å². The number of amides is 2. The largest absolute Gasteiger partial charge is 0.326 e. The molecule has 1 aromatic heterocycles. The smallest absolute Gasteiger partial charge is 0.234 e. The molecule has 30 heavy (non-hydrogen) atoms. The molecule has 1 aromatic carbocycles. The first-order valence-corrected chi connectivity index (χ1v) is 11.2. The van der Waals surface area contributed by atoms with Crippen LogP contribution in [0.1, 0.15) is 63.4 Å². The molecule has 1 fully saturated rings. The van der Waals surface area contributed by atoms with Gasteiger partial charge in [-0.2, -0.15) is 5.10 Å². The van der Waals surface area contributed by atoms with Crippen molar-refractivity contribution in [3.05, 3.63) is 35.2 Å². The third-order valence-corrected chi connectivity index (χ3v) is 7.77. The van der Waals surface area contributed by atoms with Gasteiger partial charge in [-0.3, -0.25) is 9.59 Å². The van der Waals surface area contributed by atoms with Gasteiger partial charge in [0.1, 0.15) is 0 Å². The molecule has 158 valence electrons. The molecule has 8 heteroatoms. The molecule has 0 spiro atoms. The van der Waals surface area contributed by atoms with Crippen molar-refractivity contribution >= 4 is 35.0 Å². The van der Waals surface area contributed by atoms with Crippen LogP contribution in [-0.2, 0) is 15.0 Å². The highest BCUT2D eigenvalue weighted by Gasteiger charge is 2.61. The molecule has 1 saturated carbocycles. The van der Waals surface area contributed by atoms with Gasteiger partial charge in [-0.05, 0) is 42.9 Å². The predicted molar refractivity (Wildman–Crippen MR) is 118 cm³/mol. The number of nitrogens with zero attached hydrogens (tertiary/aromatic N) is 3.